The number of rotatable bonds is 7. The van der Waals surface area contributed by atoms with Crippen LogP contribution in [-0.2, 0) is 24.2 Å². The molecule has 2 heterocycles. The van der Waals surface area contributed by atoms with E-state index in [0.717, 1.165) is 29.3 Å². The number of thiazole rings is 1. The smallest absolute Gasteiger partial charge is 0.243 e. The van der Waals surface area contributed by atoms with Gasteiger partial charge in [0, 0.05) is 4.88 Å². The normalized spacial score (nSPS) is 14.5. The van der Waals surface area contributed by atoms with E-state index in [1.807, 2.05) is 54.3 Å². The maximum absolute atomic E-state index is 13.1. The molecule has 5 nitrogen and oxygen atoms in total. The Bertz CT molecular complexity index is 882. The number of aromatic nitrogens is 1. The first-order valence-corrected chi connectivity index (χ1v) is 10.6. The summed E-state index contributed by atoms with van der Waals surface area (Å²) in [6.07, 6.45) is 6.15. The number of amides is 1. The highest BCUT2D eigenvalue weighted by atomic mass is 32.1. The summed E-state index contributed by atoms with van der Waals surface area (Å²) in [6, 6.07) is 13.8. The van der Waals surface area contributed by atoms with Crippen LogP contribution in [0.4, 0.5) is 5.13 Å². The Morgan fingerprint density at radius 3 is 2.79 bits per heavy atom. The van der Waals surface area contributed by atoms with Gasteiger partial charge in [0.2, 0.25) is 5.91 Å². The minimum atomic E-state index is -0.0259. The van der Waals surface area contributed by atoms with Gasteiger partial charge in [0.1, 0.15) is 5.76 Å². The van der Waals surface area contributed by atoms with E-state index < -0.39 is 0 Å². The molecule has 0 saturated carbocycles. The van der Waals surface area contributed by atoms with Crippen molar-refractivity contribution in [1.29, 1.82) is 0 Å². The lowest BCUT2D eigenvalue weighted by atomic mass is 10.0. The molecule has 28 heavy (non-hydrogen) atoms. The van der Waals surface area contributed by atoms with Crippen LogP contribution in [-0.4, -0.2) is 17.4 Å². The quantitative estimate of drug-likeness (QED) is 0.640. The lowest BCUT2D eigenvalue weighted by Crippen LogP contribution is -2.38. The number of hydrogen-bond acceptors (Lipinski definition) is 5. The summed E-state index contributed by atoms with van der Waals surface area (Å²) in [5.74, 6) is 0.848. The van der Waals surface area contributed by atoms with Gasteiger partial charge in [-0.25, -0.2) is 4.98 Å². The maximum Gasteiger partial charge on any atom is 0.243 e. The van der Waals surface area contributed by atoms with Gasteiger partial charge in [-0.05, 0) is 50.3 Å². The van der Waals surface area contributed by atoms with Gasteiger partial charge in [-0.1, -0.05) is 30.3 Å². The van der Waals surface area contributed by atoms with E-state index in [-0.39, 0.29) is 18.5 Å². The van der Waals surface area contributed by atoms with E-state index >= 15 is 0 Å². The molecular formula is C22H25N3O2S. The molecule has 146 valence electrons. The molecule has 1 aliphatic rings. The van der Waals surface area contributed by atoms with Crippen molar-refractivity contribution in [3.8, 4) is 0 Å². The van der Waals surface area contributed by atoms with Gasteiger partial charge in [-0.3, -0.25) is 15.0 Å². The predicted octanol–water partition coefficient (Wildman–Crippen LogP) is 4.50. The molecule has 1 N–H and O–H groups in total. The number of aryl methyl sites for hydroxylation is 2. The first-order chi connectivity index (χ1) is 13.7. The topological polar surface area (TPSA) is 58.4 Å². The standard InChI is InChI=1S/C22H25N3O2S/c1-16(19-11-7-13-27-19)23-14-21(26)25(15-17-8-3-2-4-9-17)22-24-18-10-5-6-12-20(18)28-22/h2-4,7-9,11,13,16,23H,5-6,10,12,14-15H2,1H3/t16-/m0/s1. The SMILES string of the molecule is C[C@H](NCC(=O)N(Cc1ccccc1)c1nc2c(s1)CCCC2)c1ccco1. The lowest BCUT2D eigenvalue weighted by molar-refractivity contribution is -0.118. The van der Waals surface area contributed by atoms with Crippen LogP contribution in [0.3, 0.4) is 0 Å². The third-order valence-electron chi connectivity index (χ3n) is 5.08. The fourth-order valence-corrected chi connectivity index (χ4v) is 4.62. The van der Waals surface area contributed by atoms with Gasteiger partial charge in [0.15, 0.2) is 5.13 Å². The Morgan fingerprint density at radius 1 is 1.21 bits per heavy atom. The van der Waals surface area contributed by atoms with E-state index in [4.69, 9.17) is 9.40 Å². The fraction of sp³-hybridized carbons (Fsp3) is 0.364. The molecule has 3 aromatic rings. The first kappa shape index (κ1) is 18.9. The van der Waals surface area contributed by atoms with Crippen LogP contribution < -0.4 is 10.2 Å². The molecule has 1 atom stereocenters. The number of hydrogen-bond donors (Lipinski definition) is 1. The van der Waals surface area contributed by atoms with E-state index in [2.05, 4.69) is 5.32 Å². The zero-order valence-corrected chi connectivity index (χ0v) is 16.9. The van der Waals surface area contributed by atoms with Crippen LogP contribution in [0, 0.1) is 0 Å². The molecule has 0 radical (unpaired) electrons. The summed E-state index contributed by atoms with van der Waals surface area (Å²) in [5.41, 5.74) is 2.28. The number of carbonyl (C=O) groups is 1. The summed E-state index contributed by atoms with van der Waals surface area (Å²) in [5, 5.41) is 4.09. The van der Waals surface area contributed by atoms with Crippen molar-refractivity contribution in [2.24, 2.45) is 0 Å². The highest BCUT2D eigenvalue weighted by Crippen LogP contribution is 2.32. The molecule has 0 aliphatic heterocycles. The van der Waals surface area contributed by atoms with E-state index in [9.17, 15) is 4.79 Å². The maximum atomic E-state index is 13.1. The first-order valence-electron chi connectivity index (χ1n) is 9.80. The van der Waals surface area contributed by atoms with Gasteiger partial charge in [0.05, 0.1) is 31.1 Å². The fourth-order valence-electron chi connectivity index (χ4n) is 3.46. The van der Waals surface area contributed by atoms with Crippen molar-refractivity contribution >= 4 is 22.4 Å². The number of nitrogens with zero attached hydrogens (tertiary/aromatic N) is 2. The van der Waals surface area contributed by atoms with Gasteiger partial charge < -0.3 is 4.42 Å². The summed E-state index contributed by atoms with van der Waals surface area (Å²) in [4.78, 5) is 21.1. The van der Waals surface area contributed by atoms with Crippen LogP contribution in [0.2, 0.25) is 0 Å². The van der Waals surface area contributed by atoms with Crippen molar-refractivity contribution in [3.63, 3.8) is 0 Å². The third kappa shape index (κ3) is 4.34. The van der Waals surface area contributed by atoms with Gasteiger partial charge >= 0.3 is 0 Å². The average Bonchev–Trinajstić information content (AvgIpc) is 3.40. The molecule has 1 amide bonds. The van der Waals surface area contributed by atoms with Crippen molar-refractivity contribution in [2.45, 2.75) is 45.2 Å². The number of anilines is 1. The Balaban J connectivity index is 1.52. The van der Waals surface area contributed by atoms with Crippen LogP contribution in [0.25, 0.3) is 0 Å². The minimum Gasteiger partial charge on any atom is -0.468 e. The lowest BCUT2D eigenvalue weighted by Gasteiger charge is -2.21. The Morgan fingerprint density at radius 2 is 2.04 bits per heavy atom. The summed E-state index contributed by atoms with van der Waals surface area (Å²) >= 11 is 1.67. The second kappa shape index (κ2) is 8.71. The molecule has 0 unspecified atom stereocenters. The molecule has 0 saturated heterocycles. The van der Waals surface area contributed by atoms with Crippen LogP contribution in [0.15, 0.2) is 53.1 Å². The third-order valence-corrected chi connectivity index (χ3v) is 6.26. The molecule has 0 fully saturated rings. The number of furan rings is 1. The highest BCUT2D eigenvalue weighted by Gasteiger charge is 2.24. The molecule has 2 aromatic heterocycles. The second-order valence-corrected chi connectivity index (χ2v) is 8.22. The van der Waals surface area contributed by atoms with Crippen LogP contribution in [0.5, 0.6) is 0 Å². The zero-order valence-electron chi connectivity index (χ0n) is 16.1. The monoisotopic (exact) mass is 395 g/mol. The van der Waals surface area contributed by atoms with E-state index in [1.165, 1.54) is 23.4 Å². The number of carbonyl (C=O) groups excluding carboxylic acids is 1. The van der Waals surface area contributed by atoms with Gasteiger partial charge in [-0.2, -0.15) is 0 Å². The minimum absolute atomic E-state index is 0.0216. The average molecular weight is 396 g/mol. The number of benzene rings is 1. The number of nitrogens with one attached hydrogen (secondary N) is 1. The molecule has 4 rings (SSSR count). The second-order valence-electron chi connectivity index (χ2n) is 7.16. The van der Waals surface area contributed by atoms with Crippen LogP contribution in [0.1, 0.15) is 47.7 Å². The Labute approximate surface area is 169 Å². The van der Waals surface area contributed by atoms with Gasteiger partial charge in [0.25, 0.3) is 0 Å². The van der Waals surface area contributed by atoms with Crippen molar-refractivity contribution < 1.29 is 9.21 Å². The Hall–Kier alpha value is -2.44. The van der Waals surface area contributed by atoms with Crippen molar-refractivity contribution in [2.75, 3.05) is 11.4 Å². The molecule has 1 aliphatic carbocycles. The molecule has 0 bridgehead atoms. The predicted molar refractivity (Wildman–Crippen MR) is 112 cm³/mol. The number of fused-ring (bicyclic) bond motifs is 1. The van der Waals surface area contributed by atoms with E-state index in [1.54, 1.807) is 17.6 Å². The van der Waals surface area contributed by atoms with Crippen LogP contribution >= 0.6 is 11.3 Å². The summed E-state index contributed by atoms with van der Waals surface area (Å²) in [6.45, 7) is 2.76. The molecule has 0 spiro atoms. The Kier molecular flexibility index (Phi) is 5.88. The molecular weight excluding hydrogens is 370 g/mol. The zero-order chi connectivity index (χ0) is 19.3. The largest absolute Gasteiger partial charge is 0.468 e. The highest BCUT2D eigenvalue weighted by molar-refractivity contribution is 7.15. The van der Waals surface area contributed by atoms with Crippen molar-refractivity contribution in [3.05, 3.63) is 70.6 Å². The summed E-state index contributed by atoms with van der Waals surface area (Å²) in [7, 11) is 0. The van der Waals surface area contributed by atoms with E-state index in [0.29, 0.717) is 6.54 Å². The molecule has 1 aromatic carbocycles. The summed E-state index contributed by atoms with van der Waals surface area (Å²) < 4.78 is 5.43. The van der Waals surface area contributed by atoms with Gasteiger partial charge in [-0.15, -0.1) is 11.3 Å². The van der Waals surface area contributed by atoms with Crippen molar-refractivity contribution in [1.82, 2.24) is 10.3 Å². The molecule has 6 heteroatoms.